The number of anilines is 1. The second-order valence-electron chi connectivity index (χ2n) is 8.23. The predicted octanol–water partition coefficient (Wildman–Crippen LogP) is 5.81. The molecule has 0 saturated heterocycles. The molecule has 0 radical (unpaired) electrons. The lowest BCUT2D eigenvalue weighted by Crippen LogP contribution is -2.45. The number of hydrogen-bond donors (Lipinski definition) is 0. The Bertz CT molecular complexity index is 623. The summed E-state index contributed by atoms with van der Waals surface area (Å²) in [7, 11) is 2.06. The highest BCUT2D eigenvalue weighted by molar-refractivity contribution is 5.88. The van der Waals surface area contributed by atoms with E-state index in [9.17, 15) is 4.79 Å². The number of benzene rings is 1. The average Bonchev–Trinajstić information content (AvgIpc) is 2.63. The first kappa shape index (κ1) is 21.5. The van der Waals surface area contributed by atoms with Gasteiger partial charge in [-0.3, -0.25) is 4.79 Å². The smallest absolute Gasteiger partial charge is 0.155 e. The predicted molar refractivity (Wildman–Crippen MR) is 115 cm³/mol. The van der Waals surface area contributed by atoms with Crippen molar-refractivity contribution in [1.29, 1.82) is 0 Å². The molecule has 0 bridgehead atoms. The first-order valence-corrected chi connectivity index (χ1v) is 10.6. The van der Waals surface area contributed by atoms with Gasteiger partial charge >= 0.3 is 0 Å². The second-order valence-corrected chi connectivity index (χ2v) is 8.23. The van der Waals surface area contributed by atoms with Gasteiger partial charge in [0.15, 0.2) is 5.78 Å². The van der Waals surface area contributed by atoms with E-state index >= 15 is 0 Å². The van der Waals surface area contributed by atoms with Crippen molar-refractivity contribution in [3.63, 3.8) is 0 Å². The summed E-state index contributed by atoms with van der Waals surface area (Å²) in [6, 6.07) is 6.37. The van der Waals surface area contributed by atoms with Gasteiger partial charge in [-0.05, 0) is 55.6 Å². The standard InChI is InChI=1S/C24H37NO2/c1-6-8-9-10-11-14-27-21-13-12-20-15-19(7-2)16-23(26)24(18(3)4)25(5)22(20)17-21/h6,12-13,17-19,24H,1,7-11,14-16H2,2-5H3. The van der Waals surface area contributed by atoms with Crippen molar-refractivity contribution in [3.8, 4) is 5.75 Å². The normalized spacial score (nSPS) is 20.2. The Morgan fingerprint density at radius 1 is 1.26 bits per heavy atom. The third kappa shape index (κ3) is 5.85. The van der Waals surface area contributed by atoms with Crippen LogP contribution in [0.15, 0.2) is 30.9 Å². The van der Waals surface area contributed by atoms with Gasteiger partial charge in [0.2, 0.25) is 0 Å². The van der Waals surface area contributed by atoms with Crippen molar-refractivity contribution in [2.24, 2.45) is 11.8 Å². The summed E-state index contributed by atoms with van der Waals surface area (Å²) in [6.07, 6.45) is 9.15. The van der Waals surface area contributed by atoms with Crippen molar-refractivity contribution in [2.75, 3.05) is 18.6 Å². The number of likely N-dealkylation sites (N-methyl/N-ethyl adjacent to an activating group) is 1. The number of Topliss-reactive ketones (excluding diaryl/α,β-unsaturated/α-hetero) is 1. The first-order valence-electron chi connectivity index (χ1n) is 10.6. The molecule has 0 aromatic heterocycles. The van der Waals surface area contributed by atoms with Crippen molar-refractivity contribution < 1.29 is 9.53 Å². The highest BCUT2D eigenvalue weighted by atomic mass is 16.5. The maximum absolute atomic E-state index is 12.9. The Hall–Kier alpha value is -1.77. The number of fused-ring (bicyclic) bond motifs is 1. The number of allylic oxidation sites excluding steroid dienone is 1. The average molecular weight is 372 g/mol. The van der Waals surface area contributed by atoms with Crippen LogP contribution >= 0.6 is 0 Å². The van der Waals surface area contributed by atoms with E-state index in [4.69, 9.17) is 4.74 Å². The Morgan fingerprint density at radius 2 is 2.04 bits per heavy atom. The molecule has 0 fully saturated rings. The van der Waals surface area contributed by atoms with Crippen molar-refractivity contribution >= 4 is 11.5 Å². The summed E-state index contributed by atoms with van der Waals surface area (Å²) >= 11 is 0. The van der Waals surface area contributed by atoms with Crippen LogP contribution in [-0.4, -0.2) is 25.5 Å². The molecule has 1 aromatic carbocycles. The Kier molecular flexibility index (Phi) is 8.40. The second kappa shape index (κ2) is 10.5. The molecule has 150 valence electrons. The zero-order chi connectivity index (χ0) is 19.8. The highest BCUT2D eigenvalue weighted by Gasteiger charge is 2.32. The number of hydrogen-bond acceptors (Lipinski definition) is 3. The molecule has 0 spiro atoms. The first-order chi connectivity index (χ1) is 13.0. The summed E-state index contributed by atoms with van der Waals surface area (Å²) in [6.45, 7) is 11.0. The van der Waals surface area contributed by atoms with Crippen molar-refractivity contribution in [2.45, 2.75) is 71.8 Å². The lowest BCUT2D eigenvalue weighted by molar-refractivity contribution is -0.122. The van der Waals surface area contributed by atoms with Crippen LogP contribution < -0.4 is 9.64 Å². The van der Waals surface area contributed by atoms with E-state index in [1.165, 1.54) is 18.4 Å². The molecule has 1 heterocycles. The van der Waals surface area contributed by atoms with E-state index in [0.29, 0.717) is 24.0 Å². The minimum atomic E-state index is -0.0627. The fraction of sp³-hybridized carbons (Fsp3) is 0.625. The van der Waals surface area contributed by atoms with Gasteiger partial charge < -0.3 is 9.64 Å². The van der Waals surface area contributed by atoms with Gasteiger partial charge in [0, 0.05) is 25.2 Å². The van der Waals surface area contributed by atoms with Crippen LogP contribution in [0.4, 0.5) is 5.69 Å². The van der Waals surface area contributed by atoms with Gasteiger partial charge in [-0.25, -0.2) is 0 Å². The van der Waals surface area contributed by atoms with E-state index in [2.05, 4.69) is 57.5 Å². The zero-order valence-electron chi connectivity index (χ0n) is 17.7. The molecular weight excluding hydrogens is 334 g/mol. The van der Waals surface area contributed by atoms with Crippen LogP contribution in [0.25, 0.3) is 0 Å². The maximum Gasteiger partial charge on any atom is 0.155 e. The molecular formula is C24H37NO2. The van der Waals surface area contributed by atoms with E-state index in [1.54, 1.807) is 0 Å². The van der Waals surface area contributed by atoms with Gasteiger partial charge in [0.25, 0.3) is 0 Å². The number of rotatable bonds is 9. The summed E-state index contributed by atoms with van der Waals surface area (Å²) in [5.74, 6) is 2.01. The van der Waals surface area contributed by atoms with Crippen LogP contribution in [-0.2, 0) is 11.2 Å². The number of unbranched alkanes of at least 4 members (excludes halogenated alkanes) is 3. The lowest BCUT2D eigenvalue weighted by atomic mass is 9.84. The van der Waals surface area contributed by atoms with E-state index in [0.717, 1.165) is 43.7 Å². The molecule has 2 unspecified atom stereocenters. The molecule has 0 amide bonds. The van der Waals surface area contributed by atoms with Crippen LogP contribution in [0.1, 0.15) is 64.9 Å². The third-order valence-corrected chi connectivity index (χ3v) is 5.71. The van der Waals surface area contributed by atoms with Crippen molar-refractivity contribution in [1.82, 2.24) is 0 Å². The fourth-order valence-corrected chi connectivity index (χ4v) is 4.15. The molecule has 1 aliphatic rings. The SMILES string of the molecule is C=CCCCCCOc1ccc2c(c1)N(C)C(C(C)C)C(=O)CC(CC)C2. The molecule has 1 aliphatic heterocycles. The molecule has 3 heteroatoms. The summed E-state index contributed by atoms with van der Waals surface area (Å²) in [4.78, 5) is 15.1. The van der Waals surface area contributed by atoms with E-state index < -0.39 is 0 Å². The number of nitrogens with zero attached hydrogens (tertiary/aromatic N) is 1. The summed E-state index contributed by atoms with van der Waals surface area (Å²) in [5, 5.41) is 0. The lowest BCUT2D eigenvalue weighted by Gasteiger charge is -2.37. The van der Waals surface area contributed by atoms with Crippen LogP contribution in [0.5, 0.6) is 5.75 Å². The van der Waals surface area contributed by atoms with Crippen LogP contribution in [0, 0.1) is 11.8 Å². The molecule has 0 saturated carbocycles. The minimum Gasteiger partial charge on any atom is -0.494 e. The number of ether oxygens (including phenoxy) is 1. The molecule has 27 heavy (non-hydrogen) atoms. The van der Waals surface area contributed by atoms with Gasteiger partial charge in [0.1, 0.15) is 5.75 Å². The maximum atomic E-state index is 12.9. The van der Waals surface area contributed by atoms with Gasteiger partial charge in [0.05, 0.1) is 12.6 Å². The third-order valence-electron chi connectivity index (χ3n) is 5.71. The largest absolute Gasteiger partial charge is 0.494 e. The van der Waals surface area contributed by atoms with E-state index in [-0.39, 0.29) is 6.04 Å². The minimum absolute atomic E-state index is 0.0627. The summed E-state index contributed by atoms with van der Waals surface area (Å²) in [5.41, 5.74) is 2.49. The summed E-state index contributed by atoms with van der Waals surface area (Å²) < 4.78 is 6.01. The van der Waals surface area contributed by atoms with Gasteiger partial charge in [-0.2, -0.15) is 0 Å². The zero-order valence-corrected chi connectivity index (χ0v) is 17.7. The number of carbonyl (C=O) groups is 1. The van der Waals surface area contributed by atoms with E-state index in [1.807, 2.05) is 6.08 Å². The molecule has 2 atom stereocenters. The van der Waals surface area contributed by atoms with Crippen LogP contribution in [0.3, 0.4) is 0 Å². The Balaban J connectivity index is 2.16. The fourth-order valence-electron chi connectivity index (χ4n) is 4.15. The number of ketones is 1. The molecule has 3 nitrogen and oxygen atoms in total. The highest BCUT2D eigenvalue weighted by Crippen LogP contribution is 2.34. The molecule has 2 rings (SSSR count). The Labute approximate surface area is 165 Å². The van der Waals surface area contributed by atoms with Gasteiger partial charge in [-0.15, -0.1) is 6.58 Å². The topological polar surface area (TPSA) is 29.5 Å². The van der Waals surface area contributed by atoms with Crippen molar-refractivity contribution in [3.05, 3.63) is 36.4 Å². The molecule has 0 N–H and O–H groups in total. The molecule has 1 aromatic rings. The van der Waals surface area contributed by atoms with Gasteiger partial charge in [-0.1, -0.05) is 39.3 Å². The molecule has 0 aliphatic carbocycles. The Morgan fingerprint density at radius 3 is 2.70 bits per heavy atom. The monoisotopic (exact) mass is 371 g/mol. The quantitative estimate of drug-likeness (QED) is 0.405. The van der Waals surface area contributed by atoms with Crippen LogP contribution in [0.2, 0.25) is 0 Å². The number of carbonyl (C=O) groups excluding carboxylic acids is 1.